The van der Waals surface area contributed by atoms with Gasteiger partial charge in [-0.3, -0.25) is 0 Å². The van der Waals surface area contributed by atoms with E-state index in [1.165, 1.54) is 0 Å². The zero-order chi connectivity index (χ0) is 10.8. The molecule has 1 unspecified atom stereocenters. The zero-order valence-electron chi connectivity index (χ0n) is 8.17. The molecule has 2 aromatic rings. The molecule has 0 saturated heterocycles. The number of nitrogens with one attached hydrogen (secondary N) is 1. The predicted molar refractivity (Wildman–Crippen MR) is 61.5 cm³/mol. The average Bonchev–Trinajstić information content (AvgIpc) is 2.85. The van der Waals surface area contributed by atoms with Crippen LogP contribution in [0.4, 0.5) is 0 Å². The molecule has 0 bridgehead atoms. The molecule has 0 radical (unpaired) electrons. The minimum Gasteiger partial charge on any atom is -0.390 e. The SMILES string of the molecule is CC(c1nccs1)n1c(CO)c[nH]c1=S. The Labute approximate surface area is 96.2 Å². The van der Waals surface area contributed by atoms with Gasteiger partial charge in [0.15, 0.2) is 4.77 Å². The first-order chi connectivity index (χ1) is 7.24. The molecule has 0 amide bonds. The van der Waals surface area contributed by atoms with Crippen LogP contribution in [0.1, 0.15) is 23.7 Å². The molecular formula is C9H11N3OS2. The number of H-pyrrole nitrogens is 1. The normalized spacial score (nSPS) is 12.9. The zero-order valence-corrected chi connectivity index (χ0v) is 9.81. The third-order valence-corrected chi connectivity index (χ3v) is 3.51. The quantitative estimate of drug-likeness (QED) is 0.809. The van der Waals surface area contributed by atoms with E-state index >= 15 is 0 Å². The Morgan fingerprint density at radius 3 is 3.13 bits per heavy atom. The number of imidazole rings is 1. The van der Waals surface area contributed by atoms with Gasteiger partial charge in [0.2, 0.25) is 0 Å². The number of thiazole rings is 1. The van der Waals surface area contributed by atoms with E-state index in [1.54, 1.807) is 23.7 Å². The average molecular weight is 241 g/mol. The molecule has 0 aliphatic heterocycles. The minimum atomic E-state index is -0.0249. The molecule has 0 spiro atoms. The van der Waals surface area contributed by atoms with Crippen molar-refractivity contribution in [2.45, 2.75) is 19.6 Å². The van der Waals surface area contributed by atoms with E-state index in [1.807, 2.05) is 16.9 Å². The van der Waals surface area contributed by atoms with Crippen molar-refractivity contribution in [2.75, 3.05) is 0 Å². The van der Waals surface area contributed by atoms with Crippen molar-refractivity contribution in [1.82, 2.24) is 14.5 Å². The lowest BCUT2D eigenvalue weighted by Crippen LogP contribution is -2.10. The lowest BCUT2D eigenvalue weighted by molar-refractivity contribution is 0.269. The number of rotatable bonds is 3. The molecule has 2 heterocycles. The highest BCUT2D eigenvalue weighted by Gasteiger charge is 2.14. The first kappa shape index (κ1) is 10.5. The van der Waals surface area contributed by atoms with Crippen LogP contribution >= 0.6 is 23.6 Å². The molecule has 2 rings (SSSR count). The first-order valence-corrected chi connectivity index (χ1v) is 5.82. The summed E-state index contributed by atoms with van der Waals surface area (Å²) < 4.78 is 2.50. The van der Waals surface area contributed by atoms with Gasteiger partial charge in [0.05, 0.1) is 18.3 Å². The summed E-state index contributed by atoms with van der Waals surface area (Å²) in [7, 11) is 0. The van der Waals surface area contributed by atoms with Gasteiger partial charge in [-0.15, -0.1) is 11.3 Å². The molecule has 0 aromatic carbocycles. The van der Waals surface area contributed by atoms with Crippen molar-refractivity contribution in [3.8, 4) is 0 Å². The molecular weight excluding hydrogens is 230 g/mol. The lowest BCUT2D eigenvalue weighted by atomic mass is 10.3. The summed E-state index contributed by atoms with van der Waals surface area (Å²) in [5, 5.41) is 12.1. The van der Waals surface area contributed by atoms with Gasteiger partial charge in [-0.2, -0.15) is 0 Å². The molecule has 6 heteroatoms. The van der Waals surface area contributed by atoms with Gasteiger partial charge in [0.25, 0.3) is 0 Å². The van der Waals surface area contributed by atoms with Crippen LogP contribution < -0.4 is 0 Å². The van der Waals surface area contributed by atoms with Crippen LogP contribution in [-0.4, -0.2) is 19.6 Å². The maximum Gasteiger partial charge on any atom is 0.178 e. The third kappa shape index (κ3) is 1.88. The molecule has 0 saturated carbocycles. The van der Waals surface area contributed by atoms with Gasteiger partial charge in [-0.05, 0) is 19.1 Å². The Balaban J connectivity index is 2.45. The summed E-state index contributed by atoms with van der Waals surface area (Å²) in [5.41, 5.74) is 0.780. The van der Waals surface area contributed by atoms with Crippen LogP contribution in [0.2, 0.25) is 0 Å². The van der Waals surface area contributed by atoms with Gasteiger partial charge in [0.1, 0.15) is 5.01 Å². The van der Waals surface area contributed by atoms with Gasteiger partial charge < -0.3 is 14.7 Å². The van der Waals surface area contributed by atoms with E-state index in [0.717, 1.165) is 10.7 Å². The second-order valence-electron chi connectivity index (χ2n) is 3.16. The molecule has 2 aromatic heterocycles. The number of aliphatic hydroxyl groups is 1. The fourth-order valence-corrected chi connectivity index (χ4v) is 2.53. The second kappa shape index (κ2) is 4.26. The largest absolute Gasteiger partial charge is 0.390 e. The van der Waals surface area contributed by atoms with E-state index in [9.17, 15) is 5.11 Å². The number of aliphatic hydroxyl groups excluding tert-OH is 1. The maximum absolute atomic E-state index is 9.17. The Morgan fingerprint density at radius 2 is 2.53 bits per heavy atom. The van der Waals surface area contributed by atoms with Crippen molar-refractivity contribution >= 4 is 23.6 Å². The molecule has 2 N–H and O–H groups in total. The summed E-state index contributed by atoms with van der Waals surface area (Å²) in [4.78, 5) is 7.17. The topological polar surface area (TPSA) is 53.8 Å². The number of aromatic amines is 1. The van der Waals surface area contributed by atoms with E-state index in [4.69, 9.17) is 12.2 Å². The van der Waals surface area contributed by atoms with Crippen molar-refractivity contribution in [3.05, 3.63) is 33.2 Å². The van der Waals surface area contributed by atoms with Gasteiger partial charge in [-0.25, -0.2) is 4.98 Å². The number of hydrogen-bond donors (Lipinski definition) is 2. The second-order valence-corrected chi connectivity index (χ2v) is 4.47. The third-order valence-electron chi connectivity index (χ3n) is 2.25. The summed E-state index contributed by atoms with van der Waals surface area (Å²) in [5.74, 6) is 0. The highest BCUT2D eigenvalue weighted by Crippen LogP contribution is 2.22. The molecule has 0 aliphatic carbocycles. The van der Waals surface area contributed by atoms with Gasteiger partial charge in [-0.1, -0.05) is 0 Å². The summed E-state index contributed by atoms with van der Waals surface area (Å²) >= 11 is 6.75. The Kier molecular flexibility index (Phi) is 2.99. The summed E-state index contributed by atoms with van der Waals surface area (Å²) in [6, 6.07) is 0.0610. The monoisotopic (exact) mass is 241 g/mol. The number of nitrogens with zero attached hydrogens (tertiary/aromatic N) is 2. The smallest absolute Gasteiger partial charge is 0.178 e. The lowest BCUT2D eigenvalue weighted by Gasteiger charge is -2.12. The molecule has 0 aliphatic rings. The van der Waals surface area contributed by atoms with E-state index in [-0.39, 0.29) is 12.6 Å². The minimum absolute atomic E-state index is 0.0249. The van der Waals surface area contributed by atoms with E-state index in [2.05, 4.69) is 9.97 Å². The van der Waals surface area contributed by atoms with Crippen molar-refractivity contribution < 1.29 is 5.11 Å². The van der Waals surface area contributed by atoms with Gasteiger partial charge in [0, 0.05) is 17.8 Å². The highest BCUT2D eigenvalue weighted by molar-refractivity contribution is 7.71. The Hall–Kier alpha value is -0.980. The van der Waals surface area contributed by atoms with Crippen molar-refractivity contribution in [3.63, 3.8) is 0 Å². The van der Waals surface area contributed by atoms with Crippen LogP contribution in [0.25, 0.3) is 0 Å². The van der Waals surface area contributed by atoms with Gasteiger partial charge >= 0.3 is 0 Å². The van der Waals surface area contributed by atoms with Crippen LogP contribution in [0, 0.1) is 4.77 Å². The molecule has 1 atom stereocenters. The molecule has 15 heavy (non-hydrogen) atoms. The fraction of sp³-hybridized carbons (Fsp3) is 0.333. The maximum atomic E-state index is 9.17. The molecule has 80 valence electrons. The van der Waals surface area contributed by atoms with Crippen molar-refractivity contribution in [1.29, 1.82) is 0 Å². The van der Waals surface area contributed by atoms with Crippen LogP contribution in [0.5, 0.6) is 0 Å². The van der Waals surface area contributed by atoms with Crippen molar-refractivity contribution in [2.24, 2.45) is 0 Å². The Morgan fingerprint density at radius 1 is 1.73 bits per heavy atom. The summed E-state index contributed by atoms with van der Waals surface area (Å²) in [6.07, 6.45) is 3.50. The summed E-state index contributed by atoms with van der Waals surface area (Å²) in [6.45, 7) is 1.99. The number of aromatic nitrogens is 3. The van der Waals surface area contributed by atoms with Crippen LogP contribution in [0.3, 0.4) is 0 Å². The van der Waals surface area contributed by atoms with Crippen LogP contribution in [0.15, 0.2) is 17.8 Å². The van der Waals surface area contributed by atoms with E-state index in [0.29, 0.717) is 4.77 Å². The Bertz CT molecular complexity index is 486. The highest BCUT2D eigenvalue weighted by atomic mass is 32.1. The number of hydrogen-bond acceptors (Lipinski definition) is 4. The first-order valence-electron chi connectivity index (χ1n) is 4.53. The molecule has 4 nitrogen and oxygen atoms in total. The standard InChI is InChI=1S/C9H11N3OS2/c1-6(8-10-2-3-15-8)12-7(5-13)4-11-9(12)14/h2-4,6,13H,5H2,1H3,(H,11,14). The fourth-order valence-electron chi connectivity index (χ4n) is 1.51. The van der Waals surface area contributed by atoms with E-state index < -0.39 is 0 Å². The predicted octanol–water partition coefficient (Wildman–Crippen LogP) is 2.10. The molecule has 0 fully saturated rings. The van der Waals surface area contributed by atoms with Crippen LogP contribution in [-0.2, 0) is 6.61 Å².